The molecular weight excluding hydrogens is 304 g/mol. The van der Waals surface area contributed by atoms with Crippen LogP contribution in [0, 0.1) is 0 Å². The second-order valence-electron chi connectivity index (χ2n) is 5.77. The summed E-state index contributed by atoms with van der Waals surface area (Å²) in [6, 6.07) is 9.71. The molecule has 6 heteroatoms. The van der Waals surface area contributed by atoms with Gasteiger partial charge in [0.1, 0.15) is 17.8 Å². The normalized spacial score (nSPS) is 16.8. The van der Waals surface area contributed by atoms with E-state index in [1.165, 1.54) is 11.9 Å². The van der Waals surface area contributed by atoms with Gasteiger partial charge in [-0.25, -0.2) is 9.97 Å². The summed E-state index contributed by atoms with van der Waals surface area (Å²) in [6.45, 7) is 3.40. The van der Waals surface area contributed by atoms with Gasteiger partial charge in [0.15, 0.2) is 0 Å². The Morgan fingerprint density at radius 1 is 1.33 bits per heavy atom. The fraction of sp³-hybridized carbons (Fsp3) is 0.389. The lowest BCUT2D eigenvalue weighted by molar-refractivity contribution is 0.0853. The number of benzene rings is 1. The summed E-state index contributed by atoms with van der Waals surface area (Å²) in [5, 5.41) is 6.13. The first-order chi connectivity index (χ1) is 11.8. The Labute approximate surface area is 141 Å². The molecule has 126 valence electrons. The van der Waals surface area contributed by atoms with Gasteiger partial charge in [-0.3, -0.25) is 4.79 Å². The summed E-state index contributed by atoms with van der Waals surface area (Å²) >= 11 is 0. The van der Waals surface area contributed by atoms with Crippen LogP contribution < -0.4 is 10.6 Å². The monoisotopic (exact) mass is 326 g/mol. The summed E-state index contributed by atoms with van der Waals surface area (Å²) in [5.74, 6) is 0.396. The zero-order valence-corrected chi connectivity index (χ0v) is 13.8. The van der Waals surface area contributed by atoms with Crippen LogP contribution in [0.25, 0.3) is 0 Å². The lowest BCUT2D eigenvalue weighted by Gasteiger charge is -2.12. The second-order valence-corrected chi connectivity index (χ2v) is 5.77. The number of rotatable bonds is 6. The molecule has 0 spiro atoms. The van der Waals surface area contributed by atoms with Crippen LogP contribution in [0.2, 0.25) is 0 Å². The van der Waals surface area contributed by atoms with Crippen LogP contribution in [0.15, 0.2) is 36.7 Å². The molecule has 2 N–H and O–H groups in total. The smallest absolute Gasteiger partial charge is 0.270 e. The minimum absolute atomic E-state index is 0.116. The third-order valence-electron chi connectivity index (χ3n) is 4.08. The highest BCUT2D eigenvalue weighted by Crippen LogP contribution is 2.20. The number of aryl methyl sites for hydroxylation is 1. The first-order valence-corrected chi connectivity index (χ1v) is 8.33. The van der Waals surface area contributed by atoms with Gasteiger partial charge in [0, 0.05) is 24.9 Å². The number of hydrogen-bond donors (Lipinski definition) is 2. The highest BCUT2D eigenvalue weighted by atomic mass is 16.5. The molecular formula is C18H22N4O2. The Kier molecular flexibility index (Phi) is 5.38. The Hall–Kier alpha value is -2.47. The molecule has 2 aromatic rings. The minimum Gasteiger partial charge on any atom is -0.376 e. The van der Waals surface area contributed by atoms with E-state index in [0.717, 1.165) is 31.6 Å². The SMILES string of the molecule is CCc1ccccc1Nc1cc(C(=O)NCC2CCCO2)ncn1. The number of anilines is 2. The molecule has 2 heterocycles. The molecule has 0 saturated carbocycles. The number of ether oxygens (including phenoxy) is 1. The van der Waals surface area contributed by atoms with Crippen molar-refractivity contribution in [1.82, 2.24) is 15.3 Å². The van der Waals surface area contributed by atoms with Crippen LogP contribution in [0.3, 0.4) is 0 Å². The first kappa shape index (κ1) is 16.4. The van der Waals surface area contributed by atoms with E-state index in [2.05, 4.69) is 33.6 Å². The topological polar surface area (TPSA) is 76.1 Å². The van der Waals surface area contributed by atoms with Crippen molar-refractivity contribution >= 4 is 17.4 Å². The molecule has 1 aliphatic heterocycles. The first-order valence-electron chi connectivity index (χ1n) is 8.33. The van der Waals surface area contributed by atoms with Crippen molar-refractivity contribution in [2.24, 2.45) is 0 Å². The third-order valence-corrected chi connectivity index (χ3v) is 4.08. The predicted octanol–water partition coefficient (Wildman–Crippen LogP) is 2.69. The highest BCUT2D eigenvalue weighted by Gasteiger charge is 2.17. The van der Waals surface area contributed by atoms with Gasteiger partial charge >= 0.3 is 0 Å². The summed E-state index contributed by atoms with van der Waals surface area (Å²) in [5.41, 5.74) is 2.53. The molecule has 0 radical (unpaired) electrons. The average Bonchev–Trinajstić information content (AvgIpc) is 3.14. The minimum atomic E-state index is -0.209. The summed E-state index contributed by atoms with van der Waals surface area (Å²) in [7, 11) is 0. The van der Waals surface area contributed by atoms with Crippen molar-refractivity contribution in [3.63, 3.8) is 0 Å². The van der Waals surface area contributed by atoms with E-state index >= 15 is 0 Å². The van der Waals surface area contributed by atoms with E-state index in [1.807, 2.05) is 18.2 Å². The molecule has 24 heavy (non-hydrogen) atoms. The van der Waals surface area contributed by atoms with E-state index < -0.39 is 0 Å². The lowest BCUT2D eigenvalue weighted by atomic mass is 10.1. The maximum atomic E-state index is 12.2. The van der Waals surface area contributed by atoms with Crippen LogP contribution in [-0.2, 0) is 11.2 Å². The number of hydrogen-bond acceptors (Lipinski definition) is 5. The molecule has 1 aromatic carbocycles. The van der Waals surface area contributed by atoms with Gasteiger partial charge in [0.2, 0.25) is 0 Å². The maximum absolute atomic E-state index is 12.2. The van der Waals surface area contributed by atoms with Gasteiger partial charge in [-0.15, -0.1) is 0 Å². The summed E-state index contributed by atoms with van der Waals surface area (Å²) < 4.78 is 5.51. The zero-order chi connectivity index (χ0) is 16.8. The molecule has 1 atom stereocenters. The lowest BCUT2D eigenvalue weighted by Crippen LogP contribution is -2.32. The number of amides is 1. The van der Waals surface area contributed by atoms with E-state index in [0.29, 0.717) is 18.1 Å². The van der Waals surface area contributed by atoms with Crippen molar-refractivity contribution in [3.05, 3.63) is 47.9 Å². The van der Waals surface area contributed by atoms with Gasteiger partial charge in [-0.2, -0.15) is 0 Å². The molecule has 1 saturated heterocycles. The quantitative estimate of drug-likeness (QED) is 0.853. The Morgan fingerprint density at radius 2 is 2.21 bits per heavy atom. The predicted molar refractivity (Wildman–Crippen MR) is 92.4 cm³/mol. The van der Waals surface area contributed by atoms with Crippen LogP contribution >= 0.6 is 0 Å². The van der Waals surface area contributed by atoms with Gasteiger partial charge < -0.3 is 15.4 Å². The standard InChI is InChI=1S/C18H22N4O2/c1-2-13-6-3-4-8-15(13)22-17-10-16(20-12-21-17)18(23)19-11-14-7-5-9-24-14/h3-4,6,8,10,12,14H,2,5,7,9,11H2,1H3,(H,19,23)(H,20,21,22). The molecule has 0 aliphatic carbocycles. The number of para-hydroxylation sites is 1. The van der Waals surface area contributed by atoms with Crippen molar-refractivity contribution < 1.29 is 9.53 Å². The number of carbonyl (C=O) groups excluding carboxylic acids is 1. The fourth-order valence-electron chi connectivity index (χ4n) is 2.74. The van der Waals surface area contributed by atoms with Crippen LogP contribution in [0.5, 0.6) is 0 Å². The summed E-state index contributed by atoms with van der Waals surface area (Å²) in [4.78, 5) is 20.5. The number of aromatic nitrogens is 2. The Balaban J connectivity index is 1.65. The number of nitrogens with one attached hydrogen (secondary N) is 2. The van der Waals surface area contributed by atoms with Crippen LogP contribution in [0.4, 0.5) is 11.5 Å². The zero-order valence-electron chi connectivity index (χ0n) is 13.8. The van der Waals surface area contributed by atoms with Crippen LogP contribution in [0.1, 0.15) is 35.8 Å². The molecule has 3 rings (SSSR count). The number of nitrogens with zero attached hydrogens (tertiary/aromatic N) is 2. The second kappa shape index (κ2) is 7.88. The van der Waals surface area contributed by atoms with Crippen molar-refractivity contribution in [3.8, 4) is 0 Å². The molecule has 1 aliphatic rings. The highest BCUT2D eigenvalue weighted by molar-refractivity contribution is 5.93. The molecule has 1 aromatic heterocycles. The van der Waals surface area contributed by atoms with Crippen molar-refractivity contribution in [1.29, 1.82) is 0 Å². The fourth-order valence-corrected chi connectivity index (χ4v) is 2.74. The Morgan fingerprint density at radius 3 is 3.00 bits per heavy atom. The van der Waals surface area contributed by atoms with Gasteiger partial charge in [-0.05, 0) is 30.9 Å². The van der Waals surface area contributed by atoms with Crippen molar-refractivity contribution in [2.75, 3.05) is 18.5 Å². The van der Waals surface area contributed by atoms with Crippen molar-refractivity contribution in [2.45, 2.75) is 32.3 Å². The molecule has 6 nitrogen and oxygen atoms in total. The molecule has 1 amide bonds. The molecule has 1 unspecified atom stereocenters. The maximum Gasteiger partial charge on any atom is 0.270 e. The van der Waals surface area contributed by atoms with Crippen LogP contribution in [-0.4, -0.2) is 35.1 Å². The number of carbonyl (C=O) groups is 1. The van der Waals surface area contributed by atoms with E-state index in [9.17, 15) is 4.79 Å². The molecule has 1 fully saturated rings. The largest absolute Gasteiger partial charge is 0.376 e. The van der Waals surface area contributed by atoms with E-state index in [1.54, 1.807) is 6.07 Å². The van der Waals surface area contributed by atoms with Gasteiger partial charge in [0.25, 0.3) is 5.91 Å². The summed E-state index contributed by atoms with van der Waals surface area (Å²) in [6.07, 6.45) is 4.48. The average molecular weight is 326 g/mol. The third kappa shape index (κ3) is 4.08. The Bertz CT molecular complexity index is 699. The van der Waals surface area contributed by atoms with E-state index in [-0.39, 0.29) is 12.0 Å². The van der Waals surface area contributed by atoms with Gasteiger partial charge in [-0.1, -0.05) is 25.1 Å². The molecule has 0 bridgehead atoms. The van der Waals surface area contributed by atoms with Gasteiger partial charge in [0.05, 0.1) is 6.10 Å². The van der Waals surface area contributed by atoms with E-state index in [4.69, 9.17) is 4.74 Å².